The highest BCUT2D eigenvalue weighted by Crippen LogP contribution is 2.26. The van der Waals surface area contributed by atoms with Crippen molar-refractivity contribution in [1.82, 2.24) is 10.6 Å². The number of rotatable bonds is 14. The number of hydrogen-bond donors (Lipinski definition) is 3. The molecule has 3 N–H and O–H groups in total. The summed E-state index contributed by atoms with van der Waals surface area (Å²) in [6, 6.07) is 8.88. The van der Waals surface area contributed by atoms with Gasteiger partial charge in [0.25, 0.3) is 11.8 Å². The Kier molecular flexibility index (Phi) is 33.3. The van der Waals surface area contributed by atoms with Crippen LogP contribution in [0, 0.1) is 0 Å². The Morgan fingerprint density at radius 2 is 1.02 bits per heavy atom. The van der Waals surface area contributed by atoms with Crippen molar-refractivity contribution in [2.45, 2.75) is 63.7 Å². The number of benzene rings is 2. The van der Waals surface area contributed by atoms with Gasteiger partial charge in [-0.2, -0.15) is 7.11 Å². The number of hydrogen-bond acceptors (Lipinski definition) is 10. The molecule has 0 heterocycles. The molecule has 2 amide bonds. The van der Waals surface area contributed by atoms with Crippen LogP contribution in [-0.2, 0) is 38.8 Å². The van der Waals surface area contributed by atoms with Crippen LogP contribution in [0.5, 0.6) is 0 Å². The SMILES string of the molecule is CC(C)O[C@H](c1ccc(S(C)(=O)=O)cc1)[C@@H](CF)NC(=O)C(Cl)Cl.CS(=O)(=O)c1ccc([C@@H](O)[C@@H](CF)NC(=O)C(Cl)Cl)cc1.C[O-].FF.FF.[CH-]=O. The van der Waals surface area contributed by atoms with E-state index in [0.29, 0.717) is 5.56 Å². The van der Waals surface area contributed by atoms with Gasteiger partial charge in [0.05, 0.1) is 28.0 Å². The van der Waals surface area contributed by atoms with Crippen LogP contribution in [0.15, 0.2) is 58.3 Å². The average molecular weight is 895 g/mol. The van der Waals surface area contributed by atoms with Crippen molar-refractivity contribution in [1.29, 1.82) is 0 Å². The Morgan fingerprint density at radius 1 is 0.717 bits per heavy atom. The quantitative estimate of drug-likeness (QED) is 0.105. The smallest absolute Gasteiger partial charge is 0.253 e. The first-order valence-corrected chi connectivity index (χ1v) is 19.4. The van der Waals surface area contributed by atoms with E-state index >= 15 is 0 Å². The first-order chi connectivity index (χ1) is 24.7. The van der Waals surface area contributed by atoms with E-state index in [9.17, 15) is 40.3 Å². The molecule has 0 aliphatic heterocycles. The summed E-state index contributed by atoms with van der Waals surface area (Å²) in [5.74, 6) is -1.56. The fourth-order valence-corrected chi connectivity index (χ4v) is 5.15. The number of carbonyl (C=O) groups is 2. The third kappa shape index (κ3) is 23.2. The first-order valence-electron chi connectivity index (χ1n) is 13.9. The topological polar surface area (TPSA) is 196 Å². The van der Waals surface area contributed by atoms with Gasteiger partial charge >= 0.3 is 0 Å². The van der Waals surface area contributed by atoms with E-state index in [-0.39, 0.29) is 21.5 Å². The summed E-state index contributed by atoms with van der Waals surface area (Å²) in [7, 11) is -5.96. The largest absolute Gasteiger partial charge is 0.857 e. The molecule has 0 fully saturated rings. The van der Waals surface area contributed by atoms with Gasteiger partial charge in [-0.1, -0.05) is 70.7 Å². The van der Waals surface area contributed by atoms with E-state index < -0.39 is 78.8 Å². The molecular weight excluding hydrogens is 856 g/mol. The standard InChI is InChI=1S/C15H20Cl2FNO4S.C12H14Cl2FNO4S.CH3O.CHO.2F2/c1-9(2)23-13(12(8-18)19-15(20)14(16)17)10-4-6-11(7-5-10)24(3,21)22;1-21(19,20)8-4-2-7(3-5-8)10(17)9(6-15)16-12(18)11(13)14;4*1-2/h4-7,9,12-14H,8H2,1-3H3,(H,19,20);2-5,9-11,17H,6H2,1H3,(H,16,18);1H3;1H;;/q;;2*-1;;/t12-,13-;9-,10-;;;;/m11..../s1. The average Bonchev–Trinajstić information content (AvgIpc) is 3.14. The summed E-state index contributed by atoms with van der Waals surface area (Å²) < 4.78 is 110. The lowest BCUT2D eigenvalue weighted by molar-refractivity contribution is -0.325. The van der Waals surface area contributed by atoms with Crippen molar-refractivity contribution in [3.63, 3.8) is 0 Å². The summed E-state index contributed by atoms with van der Waals surface area (Å²) in [4.78, 5) is 28.2. The van der Waals surface area contributed by atoms with Crippen LogP contribution in [0.1, 0.15) is 37.2 Å². The van der Waals surface area contributed by atoms with Crippen molar-refractivity contribution in [2.24, 2.45) is 0 Å². The lowest BCUT2D eigenvalue weighted by Gasteiger charge is -2.28. The van der Waals surface area contributed by atoms with Gasteiger partial charge in [-0.05, 0) is 49.2 Å². The minimum atomic E-state index is -3.36. The van der Waals surface area contributed by atoms with Gasteiger partial charge < -0.3 is 30.4 Å². The molecule has 0 saturated heterocycles. The number of aliphatic hydroxyl groups excluding tert-OH is 1. The molecule has 2 aromatic carbocycles. The number of alkyl halides is 6. The minimum absolute atomic E-state index is 0.0702. The molecule has 4 atom stereocenters. The van der Waals surface area contributed by atoms with E-state index in [1.807, 2.05) is 0 Å². The Balaban J connectivity index is -0.000000383. The number of sulfone groups is 2. The van der Waals surface area contributed by atoms with E-state index in [1.54, 1.807) is 13.8 Å². The number of halogens is 10. The number of carbonyl (C=O) groups excluding carboxylic acids is 3. The predicted octanol–water partition coefficient (Wildman–Crippen LogP) is 4.58. The molecule has 0 unspecified atom stereocenters. The van der Waals surface area contributed by atoms with Crippen molar-refractivity contribution < 1.29 is 73.2 Å². The summed E-state index contributed by atoms with van der Waals surface area (Å²) in [5.41, 5.74) is 0.783. The van der Waals surface area contributed by atoms with Crippen LogP contribution in [0.3, 0.4) is 0 Å². The zero-order valence-electron chi connectivity index (χ0n) is 28.4. The van der Waals surface area contributed by atoms with Crippen LogP contribution in [-0.4, -0.2) is 101 Å². The molecule has 0 radical (unpaired) electrons. The number of nitrogens with one attached hydrogen (secondary N) is 2. The molecule has 0 saturated carbocycles. The fraction of sp³-hybridized carbons (Fsp3) is 0.483. The van der Waals surface area contributed by atoms with Crippen LogP contribution >= 0.6 is 46.4 Å². The van der Waals surface area contributed by atoms with Gasteiger partial charge in [0, 0.05) is 30.8 Å². The van der Waals surface area contributed by atoms with Crippen molar-refractivity contribution in [3.05, 3.63) is 59.7 Å². The summed E-state index contributed by atoms with van der Waals surface area (Å²) in [6.45, 7) is 4.83. The van der Waals surface area contributed by atoms with Crippen molar-refractivity contribution in [2.75, 3.05) is 33.0 Å². The highest BCUT2D eigenvalue weighted by Gasteiger charge is 2.29. The highest BCUT2D eigenvalue weighted by atomic mass is 35.5. The normalized spacial score (nSPS) is 12.9. The van der Waals surface area contributed by atoms with Crippen LogP contribution in [0.2, 0.25) is 0 Å². The second kappa shape index (κ2) is 30.8. The van der Waals surface area contributed by atoms with Gasteiger partial charge in [0.1, 0.15) is 25.6 Å². The second-order valence-corrected chi connectivity index (χ2v) is 16.1. The Labute approximate surface area is 323 Å². The zero-order valence-corrected chi connectivity index (χ0v) is 33.0. The predicted molar refractivity (Wildman–Crippen MR) is 187 cm³/mol. The lowest BCUT2D eigenvalue weighted by atomic mass is 10.0. The number of ether oxygens (including phenoxy) is 1. The molecule has 0 aliphatic rings. The molecule has 12 nitrogen and oxygen atoms in total. The van der Waals surface area contributed by atoms with Gasteiger partial charge in [-0.15, -0.1) is 0 Å². The van der Waals surface area contributed by atoms with E-state index in [2.05, 4.69) is 17.4 Å². The highest BCUT2D eigenvalue weighted by molar-refractivity contribution is 7.91. The van der Waals surface area contributed by atoms with Gasteiger partial charge in [0.2, 0.25) is 0 Å². The second-order valence-electron chi connectivity index (χ2n) is 9.87. The first kappa shape index (κ1) is 57.3. The number of amides is 2. The molecule has 0 aliphatic carbocycles. The van der Waals surface area contributed by atoms with Crippen molar-refractivity contribution >= 4 is 84.7 Å². The van der Waals surface area contributed by atoms with E-state index in [1.165, 1.54) is 48.5 Å². The minimum Gasteiger partial charge on any atom is -0.857 e. The van der Waals surface area contributed by atoms with Crippen LogP contribution in [0.25, 0.3) is 0 Å². The molecule has 0 spiro atoms. The Morgan fingerprint density at radius 3 is 1.28 bits per heavy atom. The monoisotopic (exact) mass is 892 g/mol. The van der Waals surface area contributed by atoms with Gasteiger partial charge in [0.15, 0.2) is 29.3 Å². The maximum atomic E-state index is 13.5. The Hall–Kier alpha value is -2.43. The fourth-order valence-electron chi connectivity index (χ4n) is 3.64. The van der Waals surface area contributed by atoms with E-state index in [4.69, 9.17) is 79.3 Å². The summed E-state index contributed by atoms with van der Waals surface area (Å²) >= 11 is 21.6. The summed E-state index contributed by atoms with van der Waals surface area (Å²) in [6.07, 6.45) is -0.294. The molecule has 2 rings (SSSR count). The molecule has 0 bridgehead atoms. The van der Waals surface area contributed by atoms with Crippen LogP contribution < -0.4 is 15.7 Å². The number of aliphatic hydroxyl groups is 1. The molecule has 308 valence electrons. The lowest BCUT2D eigenvalue weighted by Crippen LogP contribution is -2.44. The molecular formula is C29H38Cl4F6N2O10S2-2. The zero-order chi connectivity index (χ0) is 42.7. The van der Waals surface area contributed by atoms with Crippen LogP contribution in [0.4, 0.5) is 27.1 Å². The third-order valence-corrected chi connectivity index (χ3v) is 8.89. The van der Waals surface area contributed by atoms with Gasteiger partial charge in [-0.3, -0.25) is 16.4 Å². The maximum absolute atomic E-state index is 13.5. The molecule has 0 aromatic heterocycles. The van der Waals surface area contributed by atoms with E-state index in [0.717, 1.165) is 19.6 Å². The van der Waals surface area contributed by atoms with Gasteiger partial charge in [-0.25, -0.2) is 25.6 Å². The molecule has 2 aromatic rings. The van der Waals surface area contributed by atoms with Crippen molar-refractivity contribution in [3.8, 4) is 0 Å². The molecule has 53 heavy (non-hydrogen) atoms. The molecule has 24 heteroatoms. The third-order valence-electron chi connectivity index (χ3n) is 5.84. The Bertz CT molecular complexity index is 1500. The maximum Gasteiger partial charge on any atom is 0.253 e. The summed E-state index contributed by atoms with van der Waals surface area (Å²) in [5, 5.41) is 22.8.